The van der Waals surface area contributed by atoms with E-state index in [0.29, 0.717) is 0 Å². The molecule has 1 aromatic heterocycles. The maximum atomic E-state index is 13.1. The number of anilines is 2. The molecule has 3 rings (SSSR count). The van der Waals surface area contributed by atoms with Crippen LogP contribution < -0.4 is 16.1 Å². The van der Waals surface area contributed by atoms with Crippen molar-refractivity contribution in [1.82, 2.24) is 9.55 Å². The second-order valence-corrected chi connectivity index (χ2v) is 8.83. The molecule has 0 spiro atoms. The first-order valence-corrected chi connectivity index (χ1v) is 11.2. The number of aliphatic hydroxyl groups excluding tert-OH is 1. The Morgan fingerprint density at radius 1 is 1.41 bits per heavy atom. The molecule has 12 nitrogen and oxygen atoms in total. The van der Waals surface area contributed by atoms with Crippen LogP contribution in [-0.4, -0.2) is 57.5 Å². The first-order valence-electron chi connectivity index (χ1n) is 9.72. The van der Waals surface area contributed by atoms with Gasteiger partial charge in [-0.3, -0.25) is 13.8 Å². The van der Waals surface area contributed by atoms with Gasteiger partial charge in [-0.2, -0.15) is 4.98 Å². The highest BCUT2D eigenvalue weighted by Crippen LogP contribution is 2.51. The number of methoxy groups -OCH3 is 1. The smallest absolute Gasteiger partial charge is 0.433 e. The highest BCUT2D eigenvalue weighted by molar-refractivity contribution is 7.54. The molecule has 0 aliphatic carbocycles. The molecule has 13 heteroatoms. The second-order valence-electron chi connectivity index (χ2n) is 7.16. The molecular formula is C19H25N4O8P. The van der Waals surface area contributed by atoms with E-state index in [-0.39, 0.29) is 24.5 Å². The van der Waals surface area contributed by atoms with E-state index in [2.05, 4.69) is 4.98 Å². The van der Waals surface area contributed by atoms with Crippen molar-refractivity contribution in [2.24, 2.45) is 0 Å². The van der Waals surface area contributed by atoms with Gasteiger partial charge in [-0.05, 0) is 25.1 Å². The Labute approximate surface area is 183 Å². The van der Waals surface area contributed by atoms with E-state index in [1.165, 1.54) is 26.3 Å². The number of ether oxygens (including phenoxy) is 2. The highest BCUT2D eigenvalue weighted by Gasteiger charge is 2.41. The summed E-state index contributed by atoms with van der Waals surface area (Å²) < 4.78 is 30.8. The van der Waals surface area contributed by atoms with Gasteiger partial charge in [-0.25, -0.2) is 14.2 Å². The normalized spacial score (nSPS) is 23.3. The molecule has 0 saturated carbocycles. The van der Waals surface area contributed by atoms with Crippen molar-refractivity contribution < 1.29 is 33.4 Å². The lowest BCUT2D eigenvalue weighted by atomic mass is 10.2. The fourth-order valence-electron chi connectivity index (χ4n) is 3.39. The average Bonchev–Trinajstić information content (AvgIpc) is 3.12. The van der Waals surface area contributed by atoms with Crippen molar-refractivity contribution in [1.29, 1.82) is 0 Å². The number of carbonyl (C=O) groups is 1. The number of hydrogen-bond donors (Lipinski definition) is 3. The summed E-state index contributed by atoms with van der Waals surface area (Å²) in [5, 5.41) is 10.3. The van der Waals surface area contributed by atoms with E-state index in [0.717, 1.165) is 9.24 Å². The molecule has 0 amide bonds. The van der Waals surface area contributed by atoms with Gasteiger partial charge in [-0.1, -0.05) is 18.2 Å². The van der Waals surface area contributed by atoms with Crippen LogP contribution in [0.15, 0.2) is 47.4 Å². The lowest BCUT2D eigenvalue weighted by molar-refractivity contribution is -0.141. The minimum absolute atomic E-state index is 0.0283. The molecular weight excluding hydrogens is 443 g/mol. The zero-order valence-corrected chi connectivity index (χ0v) is 18.4. The van der Waals surface area contributed by atoms with E-state index in [1.807, 2.05) is 0 Å². The number of nitrogens with zero attached hydrogens (tertiary/aromatic N) is 3. The fourth-order valence-corrected chi connectivity index (χ4v) is 4.83. The predicted molar refractivity (Wildman–Crippen MR) is 114 cm³/mol. The number of para-hydroxylation sites is 1. The Bertz CT molecular complexity index is 1050. The third-order valence-electron chi connectivity index (χ3n) is 4.92. The van der Waals surface area contributed by atoms with Crippen molar-refractivity contribution in [3.05, 3.63) is 53.1 Å². The molecule has 4 N–H and O–H groups in total. The molecule has 32 heavy (non-hydrogen) atoms. The van der Waals surface area contributed by atoms with E-state index in [4.69, 9.17) is 19.7 Å². The molecule has 174 valence electrons. The summed E-state index contributed by atoms with van der Waals surface area (Å²) in [5.41, 5.74) is 5.05. The average molecular weight is 468 g/mol. The van der Waals surface area contributed by atoms with Crippen molar-refractivity contribution >= 4 is 25.2 Å². The molecule has 1 fully saturated rings. The summed E-state index contributed by atoms with van der Waals surface area (Å²) in [6.07, 6.45) is -1.55. The number of carbonyl (C=O) groups excluding carboxylic acids is 1. The van der Waals surface area contributed by atoms with Crippen LogP contribution in [0, 0.1) is 0 Å². The third-order valence-corrected chi connectivity index (χ3v) is 6.53. The Balaban J connectivity index is 1.74. The Kier molecular flexibility index (Phi) is 7.32. The van der Waals surface area contributed by atoms with Gasteiger partial charge in [0.1, 0.15) is 18.0 Å². The first kappa shape index (κ1) is 23.9. The van der Waals surface area contributed by atoms with Gasteiger partial charge in [0.25, 0.3) is 0 Å². The quantitative estimate of drug-likeness (QED) is 0.368. The molecule has 1 aliphatic heterocycles. The number of esters is 1. The van der Waals surface area contributed by atoms with Crippen LogP contribution >= 0.6 is 7.75 Å². The SMILES string of the molecule is COC(=O)[C@H](C)N(c1ccccc1)P(=O)(O)OC[C@@H]1C[C@@H](O)[C@H](n2ccc(N)nc2=O)O1. The van der Waals surface area contributed by atoms with Crippen molar-refractivity contribution in [3.63, 3.8) is 0 Å². The summed E-state index contributed by atoms with van der Waals surface area (Å²) in [7, 11) is -3.38. The zero-order valence-electron chi connectivity index (χ0n) is 17.5. The fraction of sp³-hybridized carbons (Fsp3) is 0.421. The standard InChI is InChI=1S/C19H25N4O8P/c1-12(18(25)29-2)23(13-6-4-3-5-7-13)32(27,28)30-11-14-10-15(24)17(31-14)22-9-8-16(20)21-19(22)26/h3-9,12,14-15,17,24H,10-11H2,1-2H3,(H,27,28)(H2,20,21,26)/t12-,14-,15+,17+/m0/s1. The minimum Gasteiger partial charge on any atom is -0.467 e. The lowest BCUT2D eigenvalue weighted by Gasteiger charge is -2.32. The molecule has 1 unspecified atom stereocenters. The number of benzene rings is 1. The van der Waals surface area contributed by atoms with Crippen LogP contribution in [0.3, 0.4) is 0 Å². The predicted octanol–water partition coefficient (Wildman–Crippen LogP) is 0.659. The summed E-state index contributed by atoms with van der Waals surface area (Å²) in [5.74, 6) is -0.699. The largest absolute Gasteiger partial charge is 0.467 e. The minimum atomic E-state index is -4.55. The molecule has 2 heterocycles. The van der Waals surface area contributed by atoms with Gasteiger partial charge < -0.3 is 25.2 Å². The number of nitrogens with two attached hydrogens (primary N) is 1. The Hall–Kier alpha value is -2.76. The Morgan fingerprint density at radius 2 is 2.09 bits per heavy atom. The maximum absolute atomic E-state index is 13.1. The zero-order chi connectivity index (χ0) is 23.5. The molecule has 5 atom stereocenters. The monoisotopic (exact) mass is 468 g/mol. The van der Waals surface area contributed by atoms with Gasteiger partial charge in [0.05, 0.1) is 19.8 Å². The lowest BCUT2D eigenvalue weighted by Crippen LogP contribution is -2.38. The van der Waals surface area contributed by atoms with Crippen LogP contribution in [0.25, 0.3) is 0 Å². The summed E-state index contributed by atoms with van der Waals surface area (Å²) in [6, 6.07) is 8.37. The first-order chi connectivity index (χ1) is 15.1. The molecule has 1 aromatic carbocycles. The van der Waals surface area contributed by atoms with Crippen molar-refractivity contribution in [2.45, 2.75) is 37.8 Å². The molecule has 2 aromatic rings. The van der Waals surface area contributed by atoms with Crippen LogP contribution in [0.2, 0.25) is 0 Å². The van der Waals surface area contributed by atoms with Crippen molar-refractivity contribution in [2.75, 3.05) is 24.1 Å². The second kappa shape index (κ2) is 9.80. The molecule has 1 aliphatic rings. The van der Waals surface area contributed by atoms with E-state index < -0.39 is 43.9 Å². The molecule has 0 bridgehead atoms. The van der Waals surface area contributed by atoms with Crippen LogP contribution in [0.4, 0.5) is 11.5 Å². The van der Waals surface area contributed by atoms with E-state index >= 15 is 0 Å². The number of aromatic nitrogens is 2. The summed E-state index contributed by atoms with van der Waals surface area (Å²) in [4.78, 5) is 38.4. The van der Waals surface area contributed by atoms with Gasteiger partial charge in [0.15, 0.2) is 6.23 Å². The number of hydrogen-bond acceptors (Lipinski definition) is 9. The van der Waals surface area contributed by atoms with Gasteiger partial charge in [0, 0.05) is 18.3 Å². The molecule has 1 saturated heterocycles. The topological polar surface area (TPSA) is 166 Å². The van der Waals surface area contributed by atoms with E-state index in [1.54, 1.807) is 30.3 Å². The Morgan fingerprint density at radius 3 is 2.72 bits per heavy atom. The van der Waals surface area contributed by atoms with Gasteiger partial charge in [0.2, 0.25) is 0 Å². The van der Waals surface area contributed by atoms with Gasteiger partial charge >= 0.3 is 19.4 Å². The number of rotatable bonds is 8. The van der Waals surface area contributed by atoms with Crippen LogP contribution in [0.5, 0.6) is 0 Å². The maximum Gasteiger partial charge on any atom is 0.433 e. The highest BCUT2D eigenvalue weighted by atomic mass is 31.2. The number of aliphatic hydroxyl groups is 1. The van der Waals surface area contributed by atoms with Crippen molar-refractivity contribution in [3.8, 4) is 0 Å². The number of nitrogen functional groups attached to an aromatic ring is 1. The summed E-state index contributed by atoms with van der Waals surface area (Å²) in [6.45, 7) is 1.03. The van der Waals surface area contributed by atoms with Crippen LogP contribution in [-0.2, 0) is 23.4 Å². The third kappa shape index (κ3) is 5.17. The van der Waals surface area contributed by atoms with Crippen LogP contribution in [0.1, 0.15) is 19.6 Å². The summed E-state index contributed by atoms with van der Waals surface area (Å²) >= 11 is 0. The van der Waals surface area contributed by atoms with Gasteiger partial charge in [-0.15, -0.1) is 0 Å². The molecule has 0 radical (unpaired) electrons. The van der Waals surface area contributed by atoms with E-state index in [9.17, 15) is 24.2 Å².